The Bertz CT molecular complexity index is 966. The number of para-hydroxylation sites is 2. The number of aryl methyl sites for hydroxylation is 1. The van der Waals surface area contributed by atoms with Gasteiger partial charge in [0.05, 0.1) is 11.0 Å². The molecule has 5 nitrogen and oxygen atoms in total. The van der Waals surface area contributed by atoms with Crippen LogP contribution in [-0.4, -0.2) is 26.5 Å². The molecular formula is C18H19N3O2S. The molecule has 0 saturated heterocycles. The summed E-state index contributed by atoms with van der Waals surface area (Å²) in [6.07, 6.45) is 0.907. The monoisotopic (exact) mass is 341 g/mol. The van der Waals surface area contributed by atoms with Crippen molar-refractivity contribution >= 4 is 28.3 Å². The minimum atomic E-state index is -0.111. The fourth-order valence-corrected chi connectivity index (χ4v) is 4.32. The van der Waals surface area contributed by atoms with E-state index < -0.39 is 0 Å². The minimum absolute atomic E-state index is 0.00737. The van der Waals surface area contributed by atoms with Gasteiger partial charge in [0.2, 0.25) is 5.91 Å². The van der Waals surface area contributed by atoms with Crippen molar-refractivity contribution in [1.29, 1.82) is 0 Å². The van der Waals surface area contributed by atoms with Gasteiger partial charge in [-0.05, 0) is 42.5 Å². The number of imidazole rings is 1. The first-order valence-corrected chi connectivity index (χ1v) is 9.08. The summed E-state index contributed by atoms with van der Waals surface area (Å²) in [4.78, 5) is 28.6. The first kappa shape index (κ1) is 15.2. The fourth-order valence-electron chi connectivity index (χ4n) is 3.43. The van der Waals surface area contributed by atoms with Crippen LogP contribution in [0.2, 0.25) is 0 Å². The van der Waals surface area contributed by atoms with E-state index in [2.05, 4.69) is 11.4 Å². The van der Waals surface area contributed by atoms with Gasteiger partial charge in [0.1, 0.15) is 6.54 Å². The lowest BCUT2D eigenvalue weighted by atomic mass is 10.1. The van der Waals surface area contributed by atoms with Crippen molar-refractivity contribution in [2.45, 2.75) is 33.0 Å². The molecule has 0 atom stereocenters. The molecule has 4 rings (SSSR count). The lowest BCUT2D eigenvalue weighted by molar-refractivity contribution is -0.132. The van der Waals surface area contributed by atoms with E-state index >= 15 is 0 Å². The number of nitrogens with zero attached hydrogens (tertiary/aromatic N) is 3. The molecule has 0 bridgehead atoms. The van der Waals surface area contributed by atoms with Crippen LogP contribution in [0.1, 0.15) is 17.4 Å². The molecule has 0 N–H and O–H groups in total. The topological polar surface area (TPSA) is 47.2 Å². The molecule has 0 radical (unpaired) electrons. The summed E-state index contributed by atoms with van der Waals surface area (Å²) in [6, 6.07) is 9.75. The number of aromatic nitrogens is 2. The summed E-state index contributed by atoms with van der Waals surface area (Å²) >= 11 is 1.76. The summed E-state index contributed by atoms with van der Waals surface area (Å²) in [5, 5.41) is 2.08. The Balaban J connectivity index is 1.64. The highest BCUT2D eigenvalue weighted by molar-refractivity contribution is 7.10. The Morgan fingerprint density at radius 3 is 2.67 bits per heavy atom. The van der Waals surface area contributed by atoms with E-state index in [-0.39, 0.29) is 18.1 Å². The van der Waals surface area contributed by atoms with Gasteiger partial charge >= 0.3 is 5.69 Å². The van der Waals surface area contributed by atoms with Crippen LogP contribution < -0.4 is 5.69 Å². The largest absolute Gasteiger partial charge is 0.336 e. The molecule has 1 aliphatic rings. The molecule has 3 aromatic rings. The average molecular weight is 341 g/mol. The van der Waals surface area contributed by atoms with Gasteiger partial charge in [-0.3, -0.25) is 13.9 Å². The third-order valence-corrected chi connectivity index (χ3v) is 5.72. The number of rotatable bonds is 3. The van der Waals surface area contributed by atoms with E-state index in [0.29, 0.717) is 13.1 Å². The molecular weight excluding hydrogens is 322 g/mol. The number of thiophene rings is 1. The second-order valence-electron chi connectivity index (χ2n) is 6.04. The van der Waals surface area contributed by atoms with E-state index in [1.807, 2.05) is 36.1 Å². The molecule has 0 saturated carbocycles. The quantitative estimate of drug-likeness (QED) is 0.735. The van der Waals surface area contributed by atoms with E-state index in [1.54, 1.807) is 20.5 Å². The lowest BCUT2D eigenvalue weighted by Gasteiger charge is -2.27. The zero-order valence-electron chi connectivity index (χ0n) is 13.6. The average Bonchev–Trinajstić information content (AvgIpc) is 3.17. The molecule has 1 amide bonds. The molecule has 1 aromatic carbocycles. The van der Waals surface area contributed by atoms with E-state index in [4.69, 9.17) is 0 Å². The van der Waals surface area contributed by atoms with Gasteiger partial charge in [-0.2, -0.15) is 0 Å². The Hall–Kier alpha value is -2.34. The number of hydrogen-bond acceptors (Lipinski definition) is 3. The Kier molecular flexibility index (Phi) is 3.76. The standard InChI is InChI=1S/C18H19N3O2S/c1-2-20-14-5-3-4-6-15(14)21(18(20)23)12-17(22)19-9-7-16-13(11-19)8-10-24-16/h3-6,8,10H,2,7,9,11-12H2,1H3. The molecule has 0 unspecified atom stereocenters. The van der Waals surface area contributed by atoms with E-state index in [1.165, 1.54) is 10.4 Å². The van der Waals surface area contributed by atoms with Gasteiger partial charge in [0.15, 0.2) is 0 Å². The molecule has 24 heavy (non-hydrogen) atoms. The van der Waals surface area contributed by atoms with Crippen molar-refractivity contribution in [3.8, 4) is 0 Å². The number of amides is 1. The summed E-state index contributed by atoms with van der Waals surface area (Å²) < 4.78 is 3.32. The van der Waals surface area contributed by atoms with Crippen LogP contribution in [0.5, 0.6) is 0 Å². The second-order valence-corrected chi connectivity index (χ2v) is 7.04. The fraction of sp³-hybridized carbons (Fsp3) is 0.333. The minimum Gasteiger partial charge on any atom is -0.336 e. The van der Waals surface area contributed by atoms with Gasteiger partial charge in [0.25, 0.3) is 0 Å². The Labute approximate surface area is 143 Å². The smallest absolute Gasteiger partial charge is 0.329 e. The Morgan fingerprint density at radius 2 is 1.92 bits per heavy atom. The van der Waals surface area contributed by atoms with Gasteiger partial charge in [-0.1, -0.05) is 12.1 Å². The van der Waals surface area contributed by atoms with Crippen molar-refractivity contribution in [2.24, 2.45) is 0 Å². The molecule has 3 heterocycles. The molecule has 0 fully saturated rings. The predicted molar refractivity (Wildman–Crippen MR) is 95.3 cm³/mol. The summed E-state index contributed by atoms with van der Waals surface area (Å²) in [6.45, 7) is 4.03. The summed E-state index contributed by atoms with van der Waals surface area (Å²) in [7, 11) is 0. The van der Waals surface area contributed by atoms with Crippen molar-refractivity contribution < 1.29 is 4.79 Å². The highest BCUT2D eigenvalue weighted by atomic mass is 32.1. The third kappa shape index (κ3) is 2.38. The highest BCUT2D eigenvalue weighted by Gasteiger charge is 2.23. The van der Waals surface area contributed by atoms with Gasteiger partial charge in [-0.15, -0.1) is 11.3 Å². The molecule has 2 aromatic heterocycles. The lowest BCUT2D eigenvalue weighted by Crippen LogP contribution is -2.39. The van der Waals surface area contributed by atoms with Crippen molar-refractivity contribution in [2.75, 3.05) is 6.54 Å². The maximum Gasteiger partial charge on any atom is 0.329 e. The van der Waals surface area contributed by atoms with Crippen LogP contribution in [0.4, 0.5) is 0 Å². The first-order chi connectivity index (χ1) is 11.7. The normalized spacial score (nSPS) is 14.1. The maximum atomic E-state index is 12.8. The van der Waals surface area contributed by atoms with Crippen LogP contribution in [0, 0.1) is 0 Å². The number of carbonyl (C=O) groups excluding carboxylic acids is 1. The van der Waals surface area contributed by atoms with Gasteiger partial charge in [-0.25, -0.2) is 4.79 Å². The zero-order valence-corrected chi connectivity index (χ0v) is 14.4. The molecule has 1 aliphatic heterocycles. The highest BCUT2D eigenvalue weighted by Crippen LogP contribution is 2.24. The van der Waals surface area contributed by atoms with E-state index in [9.17, 15) is 9.59 Å². The zero-order chi connectivity index (χ0) is 16.7. The van der Waals surface area contributed by atoms with Crippen molar-refractivity contribution in [1.82, 2.24) is 14.0 Å². The van der Waals surface area contributed by atoms with Crippen LogP contribution in [0.3, 0.4) is 0 Å². The SMILES string of the molecule is CCn1c(=O)n(CC(=O)N2CCc3sccc3C2)c2ccccc21. The van der Waals surface area contributed by atoms with Crippen molar-refractivity contribution in [3.63, 3.8) is 0 Å². The van der Waals surface area contributed by atoms with Crippen LogP contribution >= 0.6 is 11.3 Å². The molecule has 6 heteroatoms. The van der Waals surface area contributed by atoms with Crippen LogP contribution in [0.15, 0.2) is 40.5 Å². The number of hydrogen-bond donors (Lipinski definition) is 0. The third-order valence-electron chi connectivity index (χ3n) is 4.70. The predicted octanol–water partition coefficient (Wildman–Crippen LogP) is 2.47. The molecule has 0 spiro atoms. The number of carbonyl (C=O) groups is 1. The number of benzene rings is 1. The molecule has 0 aliphatic carbocycles. The maximum absolute atomic E-state index is 12.8. The second kappa shape index (κ2) is 5.94. The van der Waals surface area contributed by atoms with Crippen LogP contribution in [-0.2, 0) is 30.8 Å². The van der Waals surface area contributed by atoms with Crippen molar-refractivity contribution in [3.05, 3.63) is 56.6 Å². The first-order valence-electron chi connectivity index (χ1n) is 8.20. The van der Waals surface area contributed by atoms with Gasteiger partial charge < -0.3 is 4.90 Å². The van der Waals surface area contributed by atoms with E-state index in [0.717, 1.165) is 24.0 Å². The van der Waals surface area contributed by atoms with Crippen LogP contribution in [0.25, 0.3) is 11.0 Å². The summed E-state index contributed by atoms with van der Waals surface area (Å²) in [5.41, 5.74) is 2.84. The van der Waals surface area contributed by atoms with Gasteiger partial charge in [0, 0.05) is 24.5 Å². The Morgan fingerprint density at radius 1 is 1.17 bits per heavy atom. The summed E-state index contributed by atoms with van der Waals surface area (Å²) in [5.74, 6) is 0.00737. The number of fused-ring (bicyclic) bond motifs is 2. The molecule has 124 valence electrons.